The van der Waals surface area contributed by atoms with E-state index in [1.54, 1.807) is 24.1 Å². The lowest BCUT2D eigenvalue weighted by Crippen LogP contribution is -2.22. The van der Waals surface area contributed by atoms with E-state index in [4.69, 9.17) is 9.40 Å². The van der Waals surface area contributed by atoms with Crippen molar-refractivity contribution >= 4 is 23.5 Å². The minimum Gasteiger partial charge on any atom is -0.467 e. The summed E-state index contributed by atoms with van der Waals surface area (Å²) in [5.41, 5.74) is 2.72. The van der Waals surface area contributed by atoms with Crippen molar-refractivity contribution in [3.05, 3.63) is 71.3 Å². The van der Waals surface area contributed by atoms with Gasteiger partial charge in [0.05, 0.1) is 12.8 Å². The Hall–Kier alpha value is -2.80. The molecule has 0 aliphatic heterocycles. The third-order valence-electron chi connectivity index (χ3n) is 4.62. The van der Waals surface area contributed by atoms with Crippen LogP contribution >= 0.6 is 11.8 Å². The fourth-order valence-electron chi connectivity index (χ4n) is 2.98. The van der Waals surface area contributed by atoms with Crippen LogP contribution in [0.15, 0.2) is 58.3 Å². The van der Waals surface area contributed by atoms with Crippen molar-refractivity contribution in [2.75, 3.05) is 18.5 Å². The molecule has 3 rings (SSSR count). The molecule has 2 heterocycles. The highest BCUT2D eigenvalue weighted by atomic mass is 32.2. The maximum absolute atomic E-state index is 12.4. The fourth-order valence-corrected chi connectivity index (χ4v) is 3.80. The van der Waals surface area contributed by atoms with Gasteiger partial charge < -0.3 is 14.6 Å². The lowest BCUT2D eigenvalue weighted by Gasteiger charge is -2.18. The van der Waals surface area contributed by atoms with Crippen molar-refractivity contribution in [3.63, 3.8) is 0 Å². The number of carbonyl (C=O) groups is 1. The molecule has 1 N–H and O–H groups in total. The predicted octanol–water partition coefficient (Wildman–Crippen LogP) is 4.70. The first-order valence-electron chi connectivity index (χ1n) is 10.2. The normalized spacial score (nSPS) is 10.8. The Labute approximate surface area is 182 Å². The van der Waals surface area contributed by atoms with Gasteiger partial charge in [-0.15, -0.1) is 0 Å². The molecule has 0 unspecified atom stereocenters. The number of aryl methyl sites for hydroxylation is 1. The van der Waals surface area contributed by atoms with Gasteiger partial charge in [0.25, 0.3) is 5.91 Å². The molecular formula is C23H28N4O2S. The highest BCUT2D eigenvalue weighted by Gasteiger charge is 2.10. The summed E-state index contributed by atoms with van der Waals surface area (Å²) in [6, 6.07) is 13.4. The van der Waals surface area contributed by atoms with Gasteiger partial charge in [0.15, 0.2) is 5.16 Å². The third kappa shape index (κ3) is 6.10. The number of furan rings is 1. The number of hydrogen-bond acceptors (Lipinski definition) is 6. The van der Waals surface area contributed by atoms with E-state index >= 15 is 0 Å². The van der Waals surface area contributed by atoms with Crippen LogP contribution in [0.25, 0.3) is 0 Å². The number of carbonyl (C=O) groups excluding carboxylic acids is 1. The zero-order chi connectivity index (χ0) is 21.3. The predicted molar refractivity (Wildman–Crippen MR) is 121 cm³/mol. The van der Waals surface area contributed by atoms with Crippen LogP contribution in [0.3, 0.4) is 0 Å². The summed E-state index contributed by atoms with van der Waals surface area (Å²) in [6.07, 6.45) is 3.54. The van der Waals surface area contributed by atoms with Crippen LogP contribution in [-0.4, -0.2) is 29.5 Å². The smallest absolute Gasteiger partial charge is 0.251 e. The SMILES string of the molecule is CCCN(C)c1cc(CC)nc(SCc2cccc(C(=O)NCc3ccco3)c2)n1. The van der Waals surface area contributed by atoms with E-state index in [1.165, 1.54) is 0 Å². The quantitative estimate of drug-likeness (QED) is 0.376. The maximum atomic E-state index is 12.4. The molecule has 0 atom stereocenters. The fraction of sp³-hybridized carbons (Fsp3) is 0.348. The zero-order valence-electron chi connectivity index (χ0n) is 17.7. The third-order valence-corrected chi connectivity index (χ3v) is 5.54. The Morgan fingerprint density at radius 3 is 2.77 bits per heavy atom. The number of anilines is 1. The summed E-state index contributed by atoms with van der Waals surface area (Å²) in [5.74, 6) is 2.26. The van der Waals surface area contributed by atoms with Crippen LogP contribution in [0.1, 0.15) is 47.6 Å². The van der Waals surface area contributed by atoms with E-state index < -0.39 is 0 Å². The molecule has 6 nitrogen and oxygen atoms in total. The molecule has 0 radical (unpaired) electrons. The molecule has 7 heteroatoms. The minimum absolute atomic E-state index is 0.119. The van der Waals surface area contributed by atoms with Crippen LogP contribution in [0, 0.1) is 0 Å². The largest absolute Gasteiger partial charge is 0.467 e. The Balaban J connectivity index is 1.65. The van der Waals surface area contributed by atoms with E-state index in [0.29, 0.717) is 17.9 Å². The molecule has 1 amide bonds. The highest BCUT2D eigenvalue weighted by Crippen LogP contribution is 2.23. The van der Waals surface area contributed by atoms with Crippen molar-refractivity contribution in [2.45, 2.75) is 44.1 Å². The molecule has 0 saturated heterocycles. The average molecular weight is 425 g/mol. The monoisotopic (exact) mass is 424 g/mol. The molecule has 158 valence electrons. The Kier molecular flexibility index (Phi) is 7.90. The van der Waals surface area contributed by atoms with Gasteiger partial charge in [0.1, 0.15) is 11.6 Å². The van der Waals surface area contributed by atoms with E-state index in [0.717, 1.165) is 47.4 Å². The van der Waals surface area contributed by atoms with Gasteiger partial charge in [0.2, 0.25) is 0 Å². The first-order valence-corrected chi connectivity index (χ1v) is 11.2. The van der Waals surface area contributed by atoms with E-state index in [2.05, 4.69) is 42.2 Å². The summed E-state index contributed by atoms with van der Waals surface area (Å²) in [5, 5.41) is 3.64. The average Bonchev–Trinajstić information content (AvgIpc) is 3.30. The lowest BCUT2D eigenvalue weighted by molar-refractivity contribution is 0.0948. The molecule has 0 spiro atoms. The Bertz CT molecular complexity index is 960. The van der Waals surface area contributed by atoms with Crippen molar-refractivity contribution in [1.29, 1.82) is 0 Å². The molecular weight excluding hydrogens is 396 g/mol. The summed E-state index contributed by atoms with van der Waals surface area (Å²) in [4.78, 5) is 24.0. The molecule has 30 heavy (non-hydrogen) atoms. The molecule has 2 aromatic heterocycles. The number of nitrogens with zero attached hydrogens (tertiary/aromatic N) is 3. The van der Waals surface area contributed by atoms with Gasteiger partial charge in [-0.2, -0.15) is 0 Å². The van der Waals surface area contributed by atoms with Crippen LogP contribution in [-0.2, 0) is 18.7 Å². The molecule has 0 aliphatic carbocycles. The van der Waals surface area contributed by atoms with Gasteiger partial charge in [-0.25, -0.2) is 9.97 Å². The molecule has 1 aromatic carbocycles. The standard InChI is InChI=1S/C23H28N4O2S/c1-4-11-27(3)21-14-19(5-2)25-23(26-21)30-16-17-8-6-9-18(13-17)22(28)24-15-20-10-7-12-29-20/h6-10,12-14H,4-5,11,15-16H2,1-3H3,(H,24,28). The van der Waals surface area contributed by atoms with E-state index in [1.807, 2.05) is 30.3 Å². The first-order chi connectivity index (χ1) is 14.6. The molecule has 0 bridgehead atoms. The number of hydrogen-bond donors (Lipinski definition) is 1. The molecule has 3 aromatic rings. The van der Waals surface area contributed by atoms with Gasteiger partial charge in [-0.1, -0.05) is 37.7 Å². The van der Waals surface area contributed by atoms with Crippen molar-refractivity contribution in [2.24, 2.45) is 0 Å². The van der Waals surface area contributed by atoms with Crippen molar-refractivity contribution in [3.8, 4) is 0 Å². The summed E-state index contributed by atoms with van der Waals surface area (Å²) >= 11 is 1.59. The van der Waals surface area contributed by atoms with Crippen molar-refractivity contribution < 1.29 is 9.21 Å². The number of rotatable bonds is 10. The first kappa shape index (κ1) is 21.9. The van der Waals surface area contributed by atoms with Gasteiger partial charge in [0, 0.05) is 36.7 Å². The summed E-state index contributed by atoms with van der Waals surface area (Å²) in [6.45, 7) is 5.59. The molecule has 0 fully saturated rings. The minimum atomic E-state index is -0.119. The van der Waals surface area contributed by atoms with E-state index in [9.17, 15) is 4.79 Å². The second-order valence-electron chi connectivity index (χ2n) is 7.03. The topological polar surface area (TPSA) is 71.3 Å². The van der Waals surface area contributed by atoms with Gasteiger partial charge in [-0.3, -0.25) is 4.79 Å². The highest BCUT2D eigenvalue weighted by molar-refractivity contribution is 7.98. The number of aromatic nitrogens is 2. The van der Waals surface area contributed by atoms with Crippen molar-refractivity contribution in [1.82, 2.24) is 15.3 Å². The maximum Gasteiger partial charge on any atom is 0.251 e. The van der Waals surface area contributed by atoms with Gasteiger partial charge >= 0.3 is 0 Å². The Morgan fingerprint density at radius 2 is 2.03 bits per heavy atom. The Morgan fingerprint density at radius 1 is 1.17 bits per heavy atom. The molecule has 0 saturated carbocycles. The van der Waals surface area contributed by atoms with Crippen LogP contribution < -0.4 is 10.2 Å². The number of thioether (sulfide) groups is 1. The molecule has 0 aliphatic rings. The number of amides is 1. The van der Waals surface area contributed by atoms with Crippen LogP contribution in [0.5, 0.6) is 0 Å². The second-order valence-corrected chi connectivity index (χ2v) is 7.97. The zero-order valence-corrected chi connectivity index (χ0v) is 18.5. The van der Waals surface area contributed by atoms with Crippen LogP contribution in [0.4, 0.5) is 5.82 Å². The van der Waals surface area contributed by atoms with Crippen LogP contribution in [0.2, 0.25) is 0 Å². The summed E-state index contributed by atoms with van der Waals surface area (Å²) in [7, 11) is 2.06. The van der Waals surface area contributed by atoms with Gasteiger partial charge in [-0.05, 0) is 42.7 Å². The second kappa shape index (κ2) is 10.8. The number of benzene rings is 1. The number of nitrogens with one attached hydrogen (secondary N) is 1. The van der Waals surface area contributed by atoms with E-state index in [-0.39, 0.29) is 5.91 Å². The summed E-state index contributed by atoms with van der Waals surface area (Å²) < 4.78 is 5.26. The lowest BCUT2D eigenvalue weighted by atomic mass is 10.1.